The maximum atomic E-state index is 3.80. The molecule has 0 bridgehead atoms. The molecule has 1 saturated carbocycles. The van der Waals surface area contributed by atoms with E-state index in [0.29, 0.717) is 5.31 Å². The van der Waals surface area contributed by atoms with Crippen LogP contribution < -0.4 is 0 Å². The number of hydrogen-bond acceptors (Lipinski definition) is 0. The predicted molar refractivity (Wildman–Crippen MR) is 56.8 cm³/mol. The van der Waals surface area contributed by atoms with Crippen LogP contribution in [0.15, 0.2) is 12.7 Å². The molecule has 0 nitrogen and oxygen atoms in total. The van der Waals surface area contributed by atoms with Gasteiger partial charge in [-0.2, -0.15) is 0 Å². The van der Waals surface area contributed by atoms with E-state index in [0.717, 1.165) is 12.2 Å². The molecule has 0 N–H and O–H groups in total. The molecular formula is C11H20B. The highest BCUT2D eigenvalue weighted by molar-refractivity contribution is 6.43. The van der Waals surface area contributed by atoms with Crippen molar-refractivity contribution in [3.05, 3.63) is 12.7 Å². The van der Waals surface area contributed by atoms with Gasteiger partial charge in [0.05, 0.1) is 0 Å². The van der Waals surface area contributed by atoms with Crippen LogP contribution in [0.1, 0.15) is 46.0 Å². The third-order valence-corrected chi connectivity index (χ3v) is 3.18. The van der Waals surface area contributed by atoms with Gasteiger partial charge in [0.25, 0.3) is 0 Å². The van der Waals surface area contributed by atoms with Gasteiger partial charge < -0.3 is 0 Å². The first-order valence-electron chi connectivity index (χ1n) is 5.23. The number of rotatable bonds is 6. The summed E-state index contributed by atoms with van der Waals surface area (Å²) in [6, 6.07) is 0. The smallest absolute Gasteiger partial charge is 0.103 e. The molecule has 1 aliphatic carbocycles. The summed E-state index contributed by atoms with van der Waals surface area (Å²) in [5, 5.41) is 0.643. The van der Waals surface area contributed by atoms with E-state index >= 15 is 0 Å². The SMILES string of the molecule is C=CCC([B]C1(CC)CC1)CC. The highest BCUT2D eigenvalue weighted by atomic mass is 14.4. The Balaban J connectivity index is 2.31. The lowest BCUT2D eigenvalue weighted by Gasteiger charge is -2.17. The van der Waals surface area contributed by atoms with Crippen LogP contribution in [0, 0.1) is 0 Å². The molecule has 0 aromatic rings. The second-order valence-corrected chi connectivity index (χ2v) is 4.08. The number of hydrogen-bond donors (Lipinski definition) is 0. The fourth-order valence-corrected chi connectivity index (χ4v) is 1.87. The quantitative estimate of drug-likeness (QED) is 0.412. The Morgan fingerprint density at radius 3 is 2.50 bits per heavy atom. The molecule has 1 radical (unpaired) electrons. The van der Waals surface area contributed by atoms with Crippen LogP contribution in [0.25, 0.3) is 0 Å². The predicted octanol–water partition coefficient (Wildman–Crippen LogP) is 3.83. The van der Waals surface area contributed by atoms with Crippen molar-refractivity contribution in [3.63, 3.8) is 0 Å². The number of allylic oxidation sites excluding steroid dienone is 1. The molecule has 1 fully saturated rings. The summed E-state index contributed by atoms with van der Waals surface area (Å²) < 4.78 is 0. The molecule has 12 heavy (non-hydrogen) atoms. The molecule has 1 unspecified atom stereocenters. The molecule has 0 heterocycles. The first kappa shape index (κ1) is 9.89. The lowest BCUT2D eigenvalue weighted by molar-refractivity contribution is 0.738. The van der Waals surface area contributed by atoms with Gasteiger partial charge in [0.2, 0.25) is 0 Å². The second kappa shape index (κ2) is 4.16. The van der Waals surface area contributed by atoms with Crippen LogP contribution in [0.3, 0.4) is 0 Å². The maximum Gasteiger partial charge on any atom is 0.122 e. The average Bonchev–Trinajstić information content (AvgIpc) is 2.85. The van der Waals surface area contributed by atoms with Crippen LogP contribution in [-0.2, 0) is 0 Å². The monoisotopic (exact) mass is 163 g/mol. The second-order valence-electron chi connectivity index (χ2n) is 4.08. The highest BCUT2D eigenvalue weighted by Gasteiger charge is 2.41. The molecule has 1 rings (SSSR count). The van der Waals surface area contributed by atoms with E-state index < -0.39 is 0 Å². The largest absolute Gasteiger partial charge is 0.122 e. The summed E-state index contributed by atoms with van der Waals surface area (Å²) in [4.78, 5) is 0. The molecule has 0 amide bonds. The topological polar surface area (TPSA) is 0 Å². The molecule has 67 valence electrons. The first-order chi connectivity index (χ1) is 5.76. The molecule has 0 saturated heterocycles. The summed E-state index contributed by atoms with van der Waals surface area (Å²) in [6.07, 6.45) is 8.68. The van der Waals surface area contributed by atoms with Crippen molar-refractivity contribution in [3.8, 4) is 0 Å². The van der Waals surface area contributed by atoms with Crippen molar-refractivity contribution in [2.45, 2.75) is 57.1 Å². The Hall–Kier alpha value is -0.195. The zero-order chi connectivity index (χ0) is 9.03. The van der Waals surface area contributed by atoms with Crippen molar-refractivity contribution in [1.82, 2.24) is 0 Å². The van der Waals surface area contributed by atoms with E-state index in [1.165, 1.54) is 25.7 Å². The van der Waals surface area contributed by atoms with Gasteiger partial charge in [-0.05, 0) is 6.42 Å². The van der Waals surface area contributed by atoms with Gasteiger partial charge >= 0.3 is 0 Å². The normalized spacial score (nSPS) is 21.5. The molecule has 0 aromatic heterocycles. The fourth-order valence-electron chi connectivity index (χ4n) is 1.87. The third kappa shape index (κ3) is 2.40. The Kier molecular flexibility index (Phi) is 3.43. The van der Waals surface area contributed by atoms with E-state index in [1.54, 1.807) is 0 Å². The van der Waals surface area contributed by atoms with Crippen molar-refractivity contribution in [2.75, 3.05) is 0 Å². The van der Waals surface area contributed by atoms with E-state index in [-0.39, 0.29) is 0 Å². The van der Waals surface area contributed by atoms with E-state index in [2.05, 4.69) is 33.8 Å². The standard InChI is InChI=1S/C11H20B/c1-4-7-10(5-2)12-11(6-3)8-9-11/h4,10H,1,5-9H2,2-3H3. The fraction of sp³-hybridized carbons (Fsp3) is 0.818. The van der Waals surface area contributed by atoms with E-state index in [9.17, 15) is 0 Å². The molecule has 1 heteroatoms. The van der Waals surface area contributed by atoms with Gasteiger partial charge in [-0.15, -0.1) is 6.58 Å². The summed E-state index contributed by atoms with van der Waals surface area (Å²) in [6.45, 7) is 8.39. The molecular weight excluding hydrogens is 143 g/mol. The van der Waals surface area contributed by atoms with E-state index in [1.807, 2.05) is 0 Å². The summed E-state index contributed by atoms with van der Waals surface area (Å²) in [5.41, 5.74) is 0. The molecule has 0 aliphatic heterocycles. The van der Waals surface area contributed by atoms with Crippen molar-refractivity contribution in [2.24, 2.45) is 0 Å². The Labute approximate surface area is 77.7 Å². The summed E-state index contributed by atoms with van der Waals surface area (Å²) in [5.74, 6) is 0.782. The van der Waals surface area contributed by atoms with Crippen molar-refractivity contribution in [1.29, 1.82) is 0 Å². The van der Waals surface area contributed by atoms with Crippen LogP contribution in [0.5, 0.6) is 0 Å². The Morgan fingerprint density at radius 1 is 1.50 bits per heavy atom. The third-order valence-electron chi connectivity index (χ3n) is 3.18. The Bertz CT molecular complexity index is 147. The molecule has 1 aliphatic rings. The zero-order valence-electron chi connectivity index (χ0n) is 8.47. The lowest BCUT2D eigenvalue weighted by atomic mass is 9.50. The van der Waals surface area contributed by atoms with Gasteiger partial charge in [-0.25, -0.2) is 0 Å². The van der Waals surface area contributed by atoms with Gasteiger partial charge in [0.1, 0.15) is 7.28 Å². The van der Waals surface area contributed by atoms with Crippen LogP contribution >= 0.6 is 0 Å². The minimum absolute atomic E-state index is 0.643. The minimum atomic E-state index is 0.643. The minimum Gasteiger partial charge on any atom is -0.103 e. The van der Waals surface area contributed by atoms with E-state index in [4.69, 9.17) is 0 Å². The molecule has 0 aromatic carbocycles. The van der Waals surface area contributed by atoms with Gasteiger partial charge in [-0.1, -0.05) is 56.7 Å². The average molecular weight is 163 g/mol. The summed E-state index contributed by atoms with van der Waals surface area (Å²) >= 11 is 0. The first-order valence-corrected chi connectivity index (χ1v) is 5.23. The Morgan fingerprint density at radius 2 is 2.17 bits per heavy atom. The molecule has 0 spiro atoms. The van der Waals surface area contributed by atoms with Crippen LogP contribution in [0.2, 0.25) is 11.1 Å². The van der Waals surface area contributed by atoms with Crippen LogP contribution in [0.4, 0.5) is 0 Å². The highest BCUT2D eigenvalue weighted by Crippen LogP contribution is 2.57. The van der Waals surface area contributed by atoms with Gasteiger partial charge in [0.15, 0.2) is 0 Å². The summed E-state index contributed by atoms with van der Waals surface area (Å²) in [7, 11) is 2.59. The van der Waals surface area contributed by atoms with Crippen molar-refractivity contribution < 1.29 is 0 Å². The maximum absolute atomic E-state index is 3.80. The lowest BCUT2D eigenvalue weighted by Crippen LogP contribution is -2.10. The van der Waals surface area contributed by atoms with Crippen molar-refractivity contribution >= 4 is 7.28 Å². The van der Waals surface area contributed by atoms with Gasteiger partial charge in [-0.3, -0.25) is 0 Å². The van der Waals surface area contributed by atoms with Gasteiger partial charge in [0, 0.05) is 0 Å². The molecule has 1 atom stereocenters. The van der Waals surface area contributed by atoms with Crippen LogP contribution in [-0.4, -0.2) is 7.28 Å². The zero-order valence-corrected chi connectivity index (χ0v) is 8.47.